The molecule has 0 aliphatic carbocycles. The van der Waals surface area contributed by atoms with Crippen LogP contribution in [0.3, 0.4) is 0 Å². The number of nitrogens with zero attached hydrogens (tertiary/aromatic N) is 1. The topological polar surface area (TPSA) is 62.2 Å². The van der Waals surface area contributed by atoms with Crippen molar-refractivity contribution in [1.29, 1.82) is 0 Å². The third kappa shape index (κ3) is 5.19. The lowest BCUT2D eigenvalue weighted by molar-refractivity contribution is -0.0667. The SMILES string of the molecule is Cc1c(O[Si](C(C)C)(C(C)C)C(C)C)cc2c(c1Br)[C@H](O)[C@H](N1CCC(O)(c3ccc(F)cc3)CC1)CO2. The summed E-state index contributed by atoms with van der Waals surface area (Å²) in [5, 5.41) is 22.8. The van der Waals surface area contributed by atoms with Crippen LogP contribution in [0.15, 0.2) is 34.8 Å². The van der Waals surface area contributed by atoms with Crippen LogP contribution in [0.2, 0.25) is 16.6 Å². The molecule has 1 fully saturated rings. The lowest BCUT2D eigenvalue weighted by Gasteiger charge is -2.45. The number of rotatable bonds is 7. The Bertz CT molecular complexity index is 1110. The molecule has 2 aliphatic rings. The second-order valence-electron chi connectivity index (χ2n) is 12.0. The molecule has 0 radical (unpaired) electrons. The van der Waals surface area contributed by atoms with Crippen molar-refractivity contribution in [2.24, 2.45) is 0 Å². The Kier molecular flexibility index (Phi) is 8.70. The molecule has 0 saturated carbocycles. The van der Waals surface area contributed by atoms with Gasteiger partial charge in [0.2, 0.25) is 0 Å². The number of aliphatic hydroxyl groups excluding tert-OH is 1. The van der Waals surface area contributed by atoms with Gasteiger partial charge in [0.25, 0.3) is 8.32 Å². The average Bonchev–Trinajstić information content (AvgIpc) is 2.85. The van der Waals surface area contributed by atoms with Crippen LogP contribution in [0.5, 0.6) is 11.5 Å². The van der Waals surface area contributed by atoms with E-state index in [0.29, 0.717) is 54.9 Å². The first-order valence-corrected chi connectivity index (χ1v) is 16.8. The van der Waals surface area contributed by atoms with Crippen LogP contribution in [-0.2, 0) is 5.60 Å². The number of halogens is 2. The predicted molar refractivity (Wildman–Crippen MR) is 156 cm³/mol. The molecule has 210 valence electrons. The van der Waals surface area contributed by atoms with E-state index in [2.05, 4.69) is 62.4 Å². The molecule has 0 spiro atoms. The monoisotopic (exact) mass is 607 g/mol. The van der Waals surface area contributed by atoms with E-state index >= 15 is 0 Å². The zero-order chi connectivity index (χ0) is 28.0. The van der Waals surface area contributed by atoms with E-state index in [1.165, 1.54) is 12.1 Å². The van der Waals surface area contributed by atoms with Gasteiger partial charge in [-0.05, 0) is 70.0 Å². The van der Waals surface area contributed by atoms with E-state index in [1.54, 1.807) is 12.1 Å². The molecule has 8 heteroatoms. The predicted octanol–water partition coefficient (Wildman–Crippen LogP) is 7.23. The Morgan fingerprint density at radius 1 is 1.05 bits per heavy atom. The lowest BCUT2D eigenvalue weighted by Crippen LogP contribution is -2.52. The standard InChI is InChI=1S/C30H43BrFNO4Si/c1-18(2)38(19(3)4,20(5)6)37-25-16-26-27(28(31)21(25)7)29(34)24(17-36-26)33-14-12-30(35,13-15-33)22-8-10-23(32)11-9-22/h8-11,16,18-20,24,29,34-35H,12-15,17H2,1-7H3/t24-,29-/m1/s1. The number of aliphatic hydroxyl groups is 2. The summed E-state index contributed by atoms with van der Waals surface area (Å²) in [6.07, 6.45) is 0.280. The van der Waals surface area contributed by atoms with Gasteiger partial charge in [-0.1, -0.05) is 53.7 Å². The molecule has 1 saturated heterocycles. The molecule has 0 unspecified atom stereocenters. The van der Waals surface area contributed by atoms with E-state index in [0.717, 1.165) is 26.9 Å². The Morgan fingerprint density at radius 3 is 2.13 bits per heavy atom. The molecule has 0 bridgehead atoms. The van der Waals surface area contributed by atoms with Crippen molar-refractivity contribution in [3.8, 4) is 11.5 Å². The summed E-state index contributed by atoms with van der Waals surface area (Å²) in [5.74, 6) is 1.20. The summed E-state index contributed by atoms with van der Waals surface area (Å²) >= 11 is 3.79. The fourth-order valence-corrected chi connectivity index (χ4v) is 12.7. The van der Waals surface area contributed by atoms with Crippen LogP contribution in [0.25, 0.3) is 0 Å². The van der Waals surface area contributed by atoms with Gasteiger partial charge < -0.3 is 19.4 Å². The highest BCUT2D eigenvalue weighted by molar-refractivity contribution is 9.10. The normalized spacial score (nSPS) is 22.1. The maximum Gasteiger partial charge on any atom is 0.258 e. The second-order valence-corrected chi connectivity index (χ2v) is 18.2. The average molecular weight is 609 g/mol. The molecule has 0 aromatic heterocycles. The van der Waals surface area contributed by atoms with E-state index in [-0.39, 0.29) is 11.9 Å². The molecule has 38 heavy (non-hydrogen) atoms. The molecule has 2 aliphatic heterocycles. The minimum absolute atomic E-state index is 0.224. The minimum atomic E-state index is -2.16. The smallest absolute Gasteiger partial charge is 0.258 e. The van der Waals surface area contributed by atoms with Crippen molar-refractivity contribution in [1.82, 2.24) is 4.90 Å². The number of hydrogen-bond donors (Lipinski definition) is 2. The molecule has 2 heterocycles. The maximum absolute atomic E-state index is 13.4. The first-order valence-electron chi connectivity index (χ1n) is 13.9. The molecule has 2 atom stereocenters. The minimum Gasteiger partial charge on any atom is -0.542 e. The first-order chi connectivity index (χ1) is 17.8. The summed E-state index contributed by atoms with van der Waals surface area (Å²) in [4.78, 5) is 2.20. The van der Waals surface area contributed by atoms with E-state index in [1.807, 2.05) is 13.0 Å². The molecule has 5 nitrogen and oxygen atoms in total. The Balaban J connectivity index is 1.56. The zero-order valence-corrected chi connectivity index (χ0v) is 26.3. The van der Waals surface area contributed by atoms with E-state index in [4.69, 9.17) is 9.16 Å². The molecular weight excluding hydrogens is 565 g/mol. The lowest BCUT2D eigenvalue weighted by atomic mass is 9.83. The van der Waals surface area contributed by atoms with Gasteiger partial charge in [-0.3, -0.25) is 4.90 Å². The van der Waals surface area contributed by atoms with Gasteiger partial charge in [-0.15, -0.1) is 0 Å². The quantitative estimate of drug-likeness (QED) is 0.325. The Morgan fingerprint density at radius 2 is 1.61 bits per heavy atom. The summed E-state index contributed by atoms with van der Waals surface area (Å²) in [7, 11) is -2.16. The van der Waals surface area contributed by atoms with Gasteiger partial charge >= 0.3 is 0 Å². The molecule has 2 aromatic carbocycles. The third-order valence-electron chi connectivity index (χ3n) is 9.00. The molecule has 2 N–H and O–H groups in total. The fraction of sp³-hybridized carbons (Fsp3) is 0.600. The largest absolute Gasteiger partial charge is 0.542 e. The van der Waals surface area contributed by atoms with Crippen LogP contribution in [0.1, 0.15) is 77.2 Å². The van der Waals surface area contributed by atoms with Crippen molar-refractivity contribution in [3.05, 3.63) is 57.3 Å². The summed E-state index contributed by atoms with van der Waals surface area (Å²) in [6.45, 7) is 17.3. The molecule has 0 amide bonds. The van der Waals surface area contributed by atoms with Crippen LogP contribution in [0, 0.1) is 12.7 Å². The van der Waals surface area contributed by atoms with Crippen LogP contribution < -0.4 is 9.16 Å². The van der Waals surface area contributed by atoms with Crippen molar-refractivity contribution in [3.63, 3.8) is 0 Å². The number of hydrogen-bond acceptors (Lipinski definition) is 5. The van der Waals surface area contributed by atoms with Gasteiger partial charge in [-0.2, -0.15) is 0 Å². The van der Waals surface area contributed by atoms with E-state index in [9.17, 15) is 14.6 Å². The van der Waals surface area contributed by atoms with Crippen LogP contribution in [-0.4, -0.2) is 49.2 Å². The highest BCUT2D eigenvalue weighted by Crippen LogP contribution is 2.49. The highest BCUT2D eigenvalue weighted by Gasteiger charge is 2.48. The van der Waals surface area contributed by atoms with Gasteiger partial charge in [0, 0.05) is 34.8 Å². The van der Waals surface area contributed by atoms with Crippen molar-refractivity contribution >= 4 is 24.2 Å². The van der Waals surface area contributed by atoms with Crippen LogP contribution in [0.4, 0.5) is 4.39 Å². The van der Waals surface area contributed by atoms with Crippen molar-refractivity contribution in [2.75, 3.05) is 19.7 Å². The number of fused-ring (bicyclic) bond motifs is 1. The van der Waals surface area contributed by atoms with Crippen molar-refractivity contribution in [2.45, 2.75) is 95.7 Å². The first kappa shape index (κ1) is 29.5. The summed E-state index contributed by atoms with van der Waals surface area (Å²) in [5.41, 5.74) is 2.82. The van der Waals surface area contributed by atoms with E-state index < -0.39 is 20.0 Å². The summed E-state index contributed by atoms with van der Waals surface area (Å²) < 4.78 is 27.5. The van der Waals surface area contributed by atoms with Crippen molar-refractivity contribution < 1.29 is 23.8 Å². The summed E-state index contributed by atoms with van der Waals surface area (Å²) in [6, 6.07) is 7.86. The Labute approximate surface area is 236 Å². The molecule has 2 aromatic rings. The number of benzene rings is 2. The zero-order valence-electron chi connectivity index (χ0n) is 23.7. The number of ether oxygens (including phenoxy) is 1. The fourth-order valence-electron chi connectivity index (χ4n) is 6.81. The van der Waals surface area contributed by atoms with Crippen LogP contribution >= 0.6 is 15.9 Å². The van der Waals surface area contributed by atoms with Gasteiger partial charge in [0.05, 0.1) is 11.6 Å². The second kappa shape index (κ2) is 11.2. The third-order valence-corrected chi connectivity index (χ3v) is 16.0. The Hall–Kier alpha value is -1.45. The van der Waals surface area contributed by atoms with Gasteiger partial charge in [0.15, 0.2) is 0 Å². The number of likely N-dealkylation sites (tertiary alicyclic amines) is 1. The van der Waals surface area contributed by atoms with Gasteiger partial charge in [-0.25, -0.2) is 4.39 Å². The molecule has 4 rings (SSSR count). The highest BCUT2D eigenvalue weighted by atomic mass is 79.9. The number of piperidine rings is 1. The maximum atomic E-state index is 13.4. The van der Waals surface area contributed by atoms with Gasteiger partial charge in [0.1, 0.15) is 30.0 Å². The molecular formula is C30H43BrFNO4Si.